The van der Waals surface area contributed by atoms with Crippen LogP contribution in [0.1, 0.15) is 322 Å². The minimum absolute atomic E-state index is 0.253. The normalized spacial score (nSPS) is 22.6. The monoisotopic (exact) mass is 1380 g/mol. The van der Waals surface area contributed by atoms with Gasteiger partial charge in [-0.05, 0) is 89.9 Å². The molecule has 2 aliphatic rings. The average Bonchev–Trinajstić information content (AvgIpc) is 0.793. The van der Waals surface area contributed by atoms with E-state index in [0.29, 0.717) is 12.8 Å². The summed E-state index contributed by atoms with van der Waals surface area (Å²) >= 11 is 0. The Hall–Kier alpha value is -3.35. The summed E-state index contributed by atoms with van der Waals surface area (Å²) in [4.78, 5) is 13.4. The number of amides is 1. The van der Waals surface area contributed by atoms with Crippen molar-refractivity contribution in [3.8, 4) is 0 Å². The fourth-order valence-electron chi connectivity index (χ4n) is 12.6. The van der Waals surface area contributed by atoms with Gasteiger partial charge in [-0.1, -0.05) is 335 Å². The summed E-state index contributed by atoms with van der Waals surface area (Å²) in [6, 6.07) is -0.943. The van der Waals surface area contributed by atoms with Crippen LogP contribution in [0.3, 0.4) is 0 Å². The smallest absolute Gasteiger partial charge is 0.220 e. The van der Waals surface area contributed by atoms with Crippen LogP contribution in [-0.4, -0.2) is 140 Å². The number of aliphatic hydroxyl groups excluding tert-OH is 8. The van der Waals surface area contributed by atoms with Gasteiger partial charge < -0.3 is 65.1 Å². The van der Waals surface area contributed by atoms with Crippen molar-refractivity contribution in [3.05, 3.63) is 109 Å². The van der Waals surface area contributed by atoms with Crippen LogP contribution in [0.5, 0.6) is 0 Å². The minimum Gasteiger partial charge on any atom is -0.394 e. The summed E-state index contributed by atoms with van der Waals surface area (Å²) in [5.41, 5.74) is 0. The van der Waals surface area contributed by atoms with Crippen LogP contribution in [0.2, 0.25) is 0 Å². The first-order valence-electron chi connectivity index (χ1n) is 40.1. The molecule has 0 aliphatic carbocycles. The molecule has 0 spiro atoms. The number of aliphatic hydroxyl groups is 8. The lowest BCUT2D eigenvalue weighted by Gasteiger charge is -2.46. The van der Waals surface area contributed by atoms with Crippen molar-refractivity contribution in [2.45, 2.75) is 396 Å². The topological polar surface area (TPSA) is 228 Å². The van der Waals surface area contributed by atoms with Gasteiger partial charge in [0.05, 0.1) is 32.0 Å². The first-order chi connectivity index (χ1) is 48.1. The van der Waals surface area contributed by atoms with Gasteiger partial charge in [0.25, 0.3) is 0 Å². The first kappa shape index (κ1) is 90.7. The molecule has 2 rings (SSSR count). The molecule has 2 heterocycles. The predicted molar refractivity (Wildman–Crippen MR) is 406 cm³/mol. The maximum Gasteiger partial charge on any atom is 0.220 e. The molecule has 0 bridgehead atoms. The van der Waals surface area contributed by atoms with Crippen molar-refractivity contribution in [3.63, 3.8) is 0 Å². The van der Waals surface area contributed by atoms with E-state index in [-0.39, 0.29) is 18.9 Å². The first-order valence-corrected chi connectivity index (χ1v) is 40.1. The lowest BCUT2D eigenvalue weighted by atomic mass is 9.97. The Morgan fingerprint density at radius 2 is 0.714 bits per heavy atom. The second kappa shape index (κ2) is 66.9. The number of unbranched alkanes of at least 4 members (excludes halogenated alkanes) is 37. The molecule has 0 aromatic heterocycles. The van der Waals surface area contributed by atoms with E-state index in [1.165, 1.54) is 205 Å². The van der Waals surface area contributed by atoms with E-state index < -0.39 is 86.8 Å². The van der Waals surface area contributed by atoms with Gasteiger partial charge >= 0.3 is 0 Å². The van der Waals surface area contributed by atoms with Crippen molar-refractivity contribution in [1.82, 2.24) is 5.32 Å². The summed E-state index contributed by atoms with van der Waals surface area (Å²) < 4.78 is 22.9. The van der Waals surface area contributed by atoms with E-state index in [1.807, 2.05) is 6.08 Å². The maximum atomic E-state index is 13.4. The van der Waals surface area contributed by atoms with Gasteiger partial charge in [0.15, 0.2) is 12.6 Å². The largest absolute Gasteiger partial charge is 0.394 e. The zero-order valence-electron chi connectivity index (χ0n) is 62.0. The third kappa shape index (κ3) is 49.3. The fraction of sp³-hybridized carbons (Fsp3) is 0.774. The Morgan fingerprint density at radius 1 is 0.378 bits per heavy atom. The number of carbonyl (C=O) groups excluding carboxylic acids is 1. The number of ether oxygens (including phenoxy) is 4. The summed E-state index contributed by atoms with van der Waals surface area (Å²) in [5.74, 6) is -0.253. The van der Waals surface area contributed by atoms with E-state index in [9.17, 15) is 45.6 Å². The van der Waals surface area contributed by atoms with Gasteiger partial charge in [-0.3, -0.25) is 4.79 Å². The standard InChI is InChI=1S/C84H147NO13/c1-3-5-7-9-11-13-15-17-19-21-23-25-27-29-31-33-35-36-38-40-42-44-46-48-50-52-54-56-58-60-62-64-66-68-76(89)85-72(71-95-83-81(94)79(92)82(75(70-87)97-83)98-84-80(93)78(91)77(90)74(69-86)96-84)73(88)67-65-63-61-59-57-55-53-51-49-47-45-43-41-39-37-34-32-30-28-26-24-22-20-18-16-14-12-10-8-6-4-2/h5,7,11,13,17,19,23,25,29,31,35-36,40,42,57,59,65,67,72-75,77-84,86-88,90-94H,3-4,6,8-10,12,14-16,18,20-22,24,26-28,30,32-34,37-39,41,43-56,58,60-64,66,68-71H2,1-2H3,(H,85,89)/b7-5-,13-11-,19-17-,25-23-,31-29-,36-35-,42-40-,59-57+,67-65+. The van der Waals surface area contributed by atoms with Crippen LogP contribution in [0.25, 0.3) is 0 Å². The number of allylic oxidation sites excluding steroid dienone is 17. The van der Waals surface area contributed by atoms with Crippen LogP contribution in [0.4, 0.5) is 0 Å². The molecule has 0 aromatic rings. The Morgan fingerprint density at radius 3 is 1.12 bits per heavy atom. The Balaban J connectivity index is 1.65. The molecule has 0 saturated carbocycles. The molecule has 2 aliphatic heterocycles. The van der Waals surface area contributed by atoms with Gasteiger partial charge in [0.1, 0.15) is 48.8 Å². The van der Waals surface area contributed by atoms with Crippen LogP contribution in [-0.2, 0) is 23.7 Å². The highest BCUT2D eigenvalue weighted by atomic mass is 16.7. The fourth-order valence-corrected chi connectivity index (χ4v) is 12.6. The molecule has 12 unspecified atom stereocenters. The number of carbonyl (C=O) groups is 1. The van der Waals surface area contributed by atoms with E-state index in [2.05, 4.69) is 116 Å². The van der Waals surface area contributed by atoms with Crippen molar-refractivity contribution < 1.29 is 64.6 Å². The second-order valence-electron chi connectivity index (χ2n) is 27.8. The van der Waals surface area contributed by atoms with Gasteiger partial charge in [-0.25, -0.2) is 0 Å². The van der Waals surface area contributed by atoms with Gasteiger partial charge in [-0.15, -0.1) is 0 Å². The lowest BCUT2D eigenvalue weighted by molar-refractivity contribution is -0.359. The minimum atomic E-state index is -1.80. The third-order valence-electron chi connectivity index (χ3n) is 18.9. The number of hydrogen-bond donors (Lipinski definition) is 9. The third-order valence-corrected chi connectivity index (χ3v) is 18.9. The van der Waals surface area contributed by atoms with Gasteiger partial charge in [-0.2, -0.15) is 0 Å². The van der Waals surface area contributed by atoms with E-state index >= 15 is 0 Å². The van der Waals surface area contributed by atoms with E-state index in [4.69, 9.17) is 18.9 Å². The lowest BCUT2D eigenvalue weighted by Crippen LogP contribution is -2.65. The molecule has 12 atom stereocenters. The Kier molecular flexibility index (Phi) is 61.9. The highest BCUT2D eigenvalue weighted by molar-refractivity contribution is 5.76. The van der Waals surface area contributed by atoms with Gasteiger partial charge in [0.2, 0.25) is 5.91 Å². The summed E-state index contributed by atoms with van der Waals surface area (Å²) in [6.07, 6.45) is 80.2. The van der Waals surface area contributed by atoms with Crippen LogP contribution >= 0.6 is 0 Å². The molecule has 9 N–H and O–H groups in total. The molecule has 98 heavy (non-hydrogen) atoms. The second-order valence-corrected chi connectivity index (χ2v) is 27.8. The van der Waals surface area contributed by atoms with Crippen LogP contribution < -0.4 is 5.32 Å². The number of rotatable bonds is 66. The van der Waals surface area contributed by atoms with Crippen molar-refractivity contribution in [2.24, 2.45) is 0 Å². The number of hydrogen-bond acceptors (Lipinski definition) is 13. The zero-order chi connectivity index (χ0) is 70.8. The molecule has 2 saturated heterocycles. The molecule has 0 aromatic carbocycles. The average molecular weight is 1380 g/mol. The van der Waals surface area contributed by atoms with Crippen LogP contribution in [0.15, 0.2) is 109 Å². The van der Waals surface area contributed by atoms with E-state index in [0.717, 1.165) is 83.5 Å². The quantitative estimate of drug-likeness (QED) is 0.0204. The molecule has 0 radical (unpaired) electrons. The summed E-state index contributed by atoms with van der Waals surface area (Å²) in [5, 5.41) is 87.7. The summed E-state index contributed by atoms with van der Waals surface area (Å²) in [7, 11) is 0. The highest BCUT2D eigenvalue weighted by Crippen LogP contribution is 2.30. The molecule has 14 heteroatoms. The molecule has 14 nitrogen and oxygen atoms in total. The van der Waals surface area contributed by atoms with E-state index in [1.54, 1.807) is 6.08 Å². The zero-order valence-corrected chi connectivity index (χ0v) is 62.0. The Labute approximate surface area is 597 Å². The predicted octanol–water partition coefficient (Wildman–Crippen LogP) is 18.2. The summed E-state index contributed by atoms with van der Waals surface area (Å²) in [6.45, 7) is 2.70. The Bertz CT molecular complexity index is 2070. The van der Waals surface area contributed by atoms with Crippen molar-refractivity contribution >= 4 is 5.91 Å². The van der Waals surface area contributed by atoms with Crippen LogP contribution in [0, 0.1) is 0 Å². The van der Waals surface area contributed by atoms with Crippen molar-refractivity contribution in [2.75, 3.05) is 19.8 Å². The molecule has 2 fully saturated rings. The molecule has 566 valence electrons. The molecule has 1 amide bonds. The molecular weight excluding hydrogens is 1230 g/mol. The van der Waals surface area contributed by atoms with Gasteiger partial charge in [0, 0.05) is 6.42 Å². The SMILES string of the molecule is CC/C=C\C/C=C\C/C=C\C/C=C\C/C=C\C/C=C\C/C=C\CCCCCCCCCCCCCC(=O)NC(COC1OC(CO)C(OC2OC(CO)C(O)C(O)C2O)C(O)C1O)C(O)/C=C/CC/C=C/CCCCCCCCCCCCCCCCCCCCCCCCCCC. The number of nitrogens with one attached hydrogen (secondary N) is 1. The highest BCUT2D eigenvalue weighted by Gasteiger charge is 2.51. The maximum absolute atomic E-state index is 13.4. The molecular formula is C84H147NO13. The van der Waals surface area contributed by atoms with Crippen molar-refractivity contribution in [1.29, 1.82) is 0 Å².